The summed E-state index contributed by atoms with van der Waals surface area (Å²) in [5.41, 5.74) is 0.0263. The highest BCUT2D eigenvalue weighted by molar-refractivity contribution is 7.61. The Morgan fingerprint density at radius 1 is 1.58 bits per heavy atom. The van der Waals surface area contributed by atoms with Crippen LogP contribution in [0.2, 0.25) is 0 Å². The molecular formula is C9H19O2P. The lowest BCUT2D eigenvalue weighted by Crippen LogP contribution is -2.05. The van der Waals surface area contributed by atoms with Crippen molar-refractivity contribution >= 4 is 7.37 Å². The molecule has 1 atom stereocenters. The van der Waals surface area contributed by atoms with Crippen LogP contribution < -0.4 is 0 Å². The van der Waals surface area contributed by atoms with Gasteiger partial charge in [0.05, 0.1) is 0 Å². The molecule has 0 rings (SSSR count). The lowest BCUT2D eigenvalue weighted by Gasteiger charge is -2.19. The van der Waals surface area contributed by atoms with Crippen LogP contribution in [-0.4, -0.2) is 11.6 Å². The fraction of sp³-hybridized carbons (Fsp3) is 0.778. The molecule has 72 valence electrons. The molecule has 0 saturated carbocycles. The van der Waals surface area contributed by atoms with Crippen LogP contribution >= 0.6 is 7.37 Å². The van der Waals surface area contributed by atoms with Crippen LogP contribution in [0.25, 0.3) is 0 Å². The van der Waals surface area contributed by atoms with Crippen LogP contribution in [0.15, 0.2) is 11.4 Å². The molecule has 0 radical (unpaired) electrons. The van der Waals surface area contributed by atoms with Gasteiger partial charge in [-0.3, -0.25) is 4.57 Å². The van der Waals surface area contributed by atoms with Crippen molar-refractivity contribution in [3.05, 3.63) is 11.4 Å². The van der Waals surface area contributed by atoms with E-state index in [4.69, 9.17) is 0 Å². The molecule has 0 aromatic carbocycles. The second-order valence-corrected chi connectivity index (χ2v) is 6.47. The normalized spacial score (nSPS) is 19.0. The SMILES string of the molecule is CCC(C)(C)/C=C(/C)P(C)(=O)O. The van der Waals surface area contributed by atoms with Crippen molar-refractivity contribution in [2.24, 2.45) is 5.41 Å². The summed E-state index contributed by atoms with van der Waals surface area (Å²) < 4.78 is 11.2. The van der Waals surface area contributed by atoms with Crippen LogP contribution in [0.4, 0.5) is 0 Å². The largest absolute Gasteiger partial charge is 0.341 e. The van der Waals surface area contributed by atoms with E-state index in [1.807, 2.05) is 6.08 Å². The zero-order chi connectivity index (χ0) is 9.99. The van der Waals surface area contributed by atoms with Crippen LogP contribution in [0.1, 0.15) is 34.1 Å². The molecule has 0 aliphatic carbocycles. The van der Waals surface area contributed by atoms with Gasteiger partial charge in [0, 0.05) is 12.0 Å². The highest BCUT2D eigenvalue weighted by atomic mass is 31.2. The predicted molar refractivity (Wildman–Crippen MR) is 53.6 cm³/mol. The van der Waals surface area contributed by atoms with Gasteiger partial charge in [0.2, 0.25) is 7.37 Å². The summed E-state index contributed by atoms with van der Waals surface area (Å²) in [7, 11) is -3.01. The molecule has 12 heavy (non-hydrogen) atoms. The van der Waals surface area contributed by atoms with Crippen molar-refractivity contribution in [2.75, 3.05) is 6.66 Å². The van der Waals surface area contributed by atoms with E-state index in [-0.39, 0.29) is 5.41 Å². The Hall–Kier alpha value is -0.0700. The number of rotatable bonds is 3. The summed E-state index contributed by atoms with van der Waals surface area (Å²) in [6.07, 6.45) is 2.87. The predicted octanol–water partition coefficient (Wildman–Crippen LogP) is 3.23. The number of allylic oxidation sites excluding steroid dienone is 2. The average molecular weight is 190 g/mol. The van der Waals surface area contributed by atoms with Gasteiger partial charge in [-0.15, -0.1) is 0 Å². The smallest absolute Gasteiger partial charge is 0.222 e. The van der Waals surface area contributed by atoms with Crippen molar-refractivity contribution < 1.29 is 9.46 Å². The summed E-state index contributed by atoms with van der Waals surface area (Å²) in [5.74, 6) is 0. The molecule has 0 amide bonds. The second-order valence-electron chi connectivity index (χ2n) is 4.01. The van der Waals surface area contributed by atoms with Crippen molar-refractivity contribution in [2.45, 2.75) is 34.1 Å². The maximum Gasteiger partial charge on any atom is 0.222 e. The summed E-state index contributed by atoms with van der Waals surface area (Å²) in [6, 6.07) is 0. The average Bonchev–Trinajstić information content (AvgIpc) is 1.85. The van der Waals surface area contributed by atoms with Crippen molar-refractivity contribution in [1.29, 1.82) is 0 Å². The Bertz CT molecular complexity index is 223. The second kappa shape index (κ2) is 3.76. The molecule has 0 aliphatic rings. The quantitative estimate of drug-likeness (QED) is 0.694. The van der Waals surface area contributed by atoms with Gasteiger partial charge in [-0.25, -0.2) is 0 Å². The van der Waals surface area contributed by atoms with Crippen molar-refractivity contribution in [3.8, 4) is 0 Å². The number of hydrogen-bond acceptors (Lipinski definition) is 1. The lowest BCUT2D eigenvalue weighted by molar-refractivity contribution is 0.455. The van der Waals surface area contributed by atoms with Crippen LogP contribution in [0, 0.1) is 5.41 Å². The molecule has 0 heterocycles. The minimum absolute atomic E-state index is 0.0263. The first kappa shape index (κ1) is 11.9. The van der Waals surface area contributed by atoms with Crippen LogP contribution in [0.3, 0.4) is 0 Å². The third kappa shape index (κ3) is 4.08. The van der Waals surface area contributed by atoms with E-state index < -0.39 is 7.37 Å². The van der Waals surface area contributed by atoms with Crippen molar-refractivity contribution in [1.82, 2.24) is 0 Å². The topological polar surface area (TPSA) is 37.3 Å². The minimum atomic E-state index is -3.01. The van der Waals surface area contributed by atoms with Crippen LogP contribution in [0.5, 0.6) is 0 Å². The van der Waals surface area contributed by atoms with E-state index in [1.165, 1.54) is 6.66 Å². The van der Waals surface area contributed by atoms with E-state index in [2.05, 4.69) is 20.8 Å². The molecule has 0 saturated heterocycles. The Morgan fingerprint density at radius 3 is 2.25 bits per heavy atom. The molecule has 0 aliphatic heterocycles. The fourth-order valence-corrected chi connectivity index (χ4v) is 1.38. The maximum atomic E-state index is 11.2. The van der Waals surface area contributed by atoms with E-state index in [1.54, 1.807) is 6.92 Å². The Morgan fingerprint density at radius 2 is 2.00 bits per heavy atom. The Balaban J connectivity index is 4.69. The first-order chi connectivity index (χ1) is 5.19. The molecule has 0 aromatic heterocycles. The Labute approximate surface area is 75.1 Å². The molecule has 0 fully saturated rings. The van der Waals surface area contributed by atoms with Crippen molar-refractivity contribution in [3.63, 3.8) is 0 Å². The fourth-order valence-electron chi connectivity index (χ4n) is 0.787. The van der Waals surface area contributed by atoms with Gasteiger partial charge in [-0.05, 0) is 18.8 Å². The molecular weight excluding hydrogens is 171 g/mol. The summed E-state index contributed by atoms with van der Waals surface area (Å²) >= 11 is 0. The van der Waals surface area contributed by atoms with E-state index >= 15 is 0 Å². The molecule has 1 N–H and O–H groups in total. The third-order valence-electron chi connectivity index (χ3n) is 2.17. The zero-order valence-corrected chi connectivity index (χ0v) is 9.48. The maximum absolute atomic E-state index is 11.2. The molecule has 1 unspecified atom stereocenters. The summed E-state index contributed by atoms with van der Waals surface area (Å²) in [4.78, 5) is 9.23. The lowest BCUT2D eigenvalue weighted by atomic mass is 9.90. The minimum Gasteiger partial charge on any atom is -0.341 e. The molecule has 3 heteroatoms. The molecule has 0 bridgehead atoms. The van der Waals surface area contributed by atoms with Gasteiger partial charge in [0.25, 0.3) is 0 Å². The molecule has 0 spiro atoms. The van der Waals surface area contributed by atoms with Gasteiger partial charge in [0.1, 0.15) is 0 Å². The highest BCUT2D eigenvalue weighted by Crippen LogP contribution is 2.46. The molecule has 0 aromatic rings. The van der Waals surface area contributed by atoms with E-state index in [0.29, 0.717) is 5.31 Å². The zero-order valence-electron chi connectivity index (χ0n) is 8.59. The monoisotopic (exact) mass is 190 g/mol. The number of hydrogen-bond donors (Lipinski definition) is 1. The standard InChI is InChI=1S/C9H19O2P/c1-6-9(3,4)7-8(2)12(5,10)11/h7H,6H2,1-5H3,(H,10,11)/b8-7-. The molecule has 2 nitrogen and oxygen atoms in total. The van der Waals surface area contributed by atoms with Crippen LogP contribution in [-0.2, 0) is 4.57 Å². The van der Waals surface area contributed by atoms with Gasteiger partial charge in [0.15, 0.2) is 0 Å². The highest BCUT2D eigenvalue weighted by Gasteiger charge is 2.18. The van der Waals surface area contributed by atoms with Gasteiger partial charge in [-0.1, -0.05) is 26.8 Å². The first-order valence-corrected chi connectivity index (χ1v) is 6.30. The van der Waals surface area contributed by atoms with E-state index in [0.717, 1.165) is 6.42 Å². The van der Waals surface area contributed by atoms with Gasteiger partial charge >= 0.3 is 0 Å². The van der Waals surface area contributed by atoms with E-state index in [9.17, 15) is 9.46 Å². The summed E-state index contributed by atoms with van der Waals surface area (Å²) in [5, 5.41) is 0.606. The summed E-state index contributed by atoms with van der Waals surface area (Å²) in [6.45, 7) is 9.29. The van der Waals surface area contributed by atoms with Gasteiger partial charge in [-0.2, -0.15) is 0 Å². The third-order valence-corrected chi connectivity index (χ3v) is 3.60. The van der Waals surface area contributed by atoms with Gasteiger partial charge < -0.3 is 4.89 Å². The first-order valence-electron chi connectivity index (χ1n) is 4.19. The Kier molecular flexibility index (Phi) is 3.74.